The molecule has 1 atom stereocenters. The van der Waals surface area contributed by atoms with Gasteiger partial charge >= 0.3 is 12.1 Å². The molecule has 0 radical (unpaired) electrons. The minimum absolute atomic E-state index is 0.0555. The lowest BCUT2D eigenvalue weighted by molar-refractivity contribution is -0.138. The average molecular weight is 336 g/mol. The molecule has 1 heterocycles. The molecule has 1 aliphatic heterocycles. The fourth-order valence-electron chi connectivity index (χ4n) is 2.05. The zero-order valence-electron chi connectivity index (χ0n) is 11.5. The summed E-state index contributed by atoms with van der Waals surface area (Å²) in [5.41, 5.74) is -0.352. The van der Waals surface area contributed by atoms with Gasteiger partial charge in [0.1, 0.15) is 0 Å². The number of carboxylic acids is 1. The molecule has 2 N–H and O–H groups in total. The SMILES string of the molecule is CCC1(Cl)NC(Cc2cccc(C(F)(F)F)c2)=C(C(=O)O)O1. The van der Waals surface area contributed by atoms with Gasteiger partial charge in [0.2, 0.25) is 5.76 Å². The molecule has 0 aromatic heterocycles. The third-order valence-corrected chi connectivity index (χ3v) is 3.60. The molecule has 120 valence electrons. The standard InChI is InChI=1S/C14H13ClF3NO3/c1-2-13(15)19-10(11(22-13)12(20)21)7-8-4-3-5-9(6-8)14(16,17)18/h3-6,19H,2,7H2,1H3,(H,20,21). The predicted octanol–water partition coefficient (Wildman–Crippen LogP) is 3.47. The van der Waals surface area contributed by atoms with E-state index in [-0.39, 0.29) is 24.3 Å². The van der Waals surface area contributed by atoms with Gasteiger partial charge in [-0.05, 0) is 11.6 Å². The molecule has 2 rings (SSSR count). The summed E-state index contributed by atoms with van der Waals surface area (Å²) in [6, 6.07) is 4.66. The van der Waals surface area contributed by atoms with Gasteiger partial charge in [-0.15, -0.1) is 0 Å². The van der Waals surface area contributed by atoms with Crippen molar-refractivity contribution in [2.45, 2.75) is 31.1 Å². The van der Waals surface area contributed by atoms with Crippen LogP contribution in [0.5, 0.6) is 0 Å². The van der Waals surface area contributed by atoms with Gasteiger partial charge in [-0.25, -0.2) is 4.79 Å². The molecule has 1 unspecified atom stereocenters. The first-order valence-electron chi connectivity index (χ1n) is 6.43. The minimum Gasteiger partial charge on any atom is -0.475 e. The number of aliphatic carboxylic acids is 1. The predicted molar refractivity (Wildman–Crippen MR) is 72.9 cm³/mol. The Morgan fingerprint density at radius 2 is 2.14 bits per heavy atom. The number of alkyl halides is 4. The molecular formula is C14H13ClF3NO3. The summed E-state index contributed by atoms with van der Waals surface area (Å²) >= 11 is 6.04. The van der Waals surface area contributed by atoms with Crippen molar-refractivity contribution in [3.05, 3.63) is 46.8 Å². The lowest BCUT2D eigenvalue weighted by Crippen LogP contribution is -2.35. The first kappa shape index (κ1) is 16.5. The maximum absolute atomic E-state index is 12.7. The molecule has 0 fully saturated rings. The summed E-state index contributed by atoms with van der Waals surface area (Å²) in [5.74, 6) is -1.71. The summed E-state index contributed by atoms with van der Waals surface area (Å²) in [4.78, 5) is 11.2. The Morgan fingerprint density at radius 1 is 1.45 bits per heavy atom. The van der Waals surface area contributed by atoms with Crippen molar-refractivity contribution in [2.75, 3.05) is 0 Å². The Morgan fingerprint density at radius 3 is 2.68 bits per heavy atom. The van der Waals surface area contributed by atoms with Gasteiger partial charge < -0.3 is 15.2 Å². The number of hydrogen-bond donors (Lipinski definition) is 2. The van der Waals surface area contributed by atoms with E-state index in [1.807, 2.05) is 0 Å². The Hall–Kier alpha value is -1.89. The van der Waals surface area contributed by atoms with Crippen molar-refractivity contribution < 1.29 is 27.8 Å². The van der Waals surface area contributed by atoms with Crippen LogP contribution in [0.3, 0.4) is 0 Å². The highest BCUT2D eigenvalue weighted by molar-refractivity contribution is 6.23. The fourth-order valence-corrected chi connectivity index (χ4v) is 2.24. The number of carboxylic acid groups (broad SMARTS) is 1. The normalized spacial score (nSPS) is 21.5. The molecule has 0 amide bonds. The van der Waals surface area contributed by atoms with Crippen LogP contribution < -0.4 is 5.32 Å². The molecule has 0 aliphatic carbocycles. The Labute approximate surface area is 129 Å². The zero-order valence-corrected chi connectivity index (χ0v) is 12.3. The van der Waals surface area contributed by atoms with Gasteiger partial charge in [0.15, 0.2) is 0 Å². The van der Waals surface area contributed by atoms with Crippen molar-refractivity contribution >= 4 is 17.6 Å². The highest BCUT2D eigenvalue weighted by Crippen LogP contribution is 2.33. The molecule has 0 bridgehead atoms. The van der Waals surface area contributed by atoms with Gasteiger partial charge in [-0.1, -0.05) is 36.7 Å². The molecule has 0 saturated carbocycles. The summed E-state index contributed by atoms with van der Waals surface area (Å²) in [7, 11) is 0. The van der Waals surface area contributed by atoms with Gasteiger partial charge in [0.25, 0.3) is 5.18 Å². The van der Waals surface area contributed by atoms with E-state index in [0.717, 1.165) is 12.1 Å². The summed E-state index contributed by atoms with van der Waals surface area (Å²) in [5, 5.41) is 10.4. The number of allylic oxidation sites excluding steroid dienone is 1. The van der Waals surface area contributed by atoms with E-state index in [1.54, 1.807) is 6.92 Å². The quantitative estimate of drug-likeness (QED) is 0.653. The fraction of sp³-hybridized carbons (Fsp3) is 0.357. The zero-order chi connectivity index (χ0) is 16.5. The first-order chi connectivity index (χ1) is 10.1. The number of ether oxygens (including phenoxy) is 1. The maximum atomic E-state index is 12.7. The molecule has 8 heteroatoms. The third-order valence-electron chi connectivity index (χ3n) is 3.16. The molecule has 1 aromatic rings. The topological polar surface area (TPSA) is 58.6 Å². The lowest BCUT2D eigenvalue weighted by Gasteiger charge is -2.20. The number of halogens is 4. The molecule has 1 aliphatic rings. The van der Waals surface area contributed by atoms with E-state index in [1.165, 1.54) is 12.1 Å². The number of carbonyl (C=O) groups is 1. The molecule has 1 aromatic carbocycles. The number of nitrogens with one attached hydrogen (secondary N) is 1. The Balaban J connectivity index is 2.29. The summed E-state index contributed by atoms with van der Waals surface area (Å²) < 4.78 is 43.2. The van der Waals surface area contributed by atoms with E-state index in [4.69, 9.17) is 21.4 Å². The van der Waals surface area contributed by atoms with Crippen LogP contribution in [0.15, 0.2) is 35.7 Å². The van der Waals surface area contributed by atoms with Crippen molar-refractivity contribution in [1.82, 2.24) is 5.32 Å². The Bertz CT molecular complexity index is 630. The van der Waals surface area contributed by atoms with Crippen LogP contribution in [0.1, 0.15) is 24.5 Å². The molecule has 0 spiro atoms. The van der Waals surface area contributed by atoms with E-state index in [9.17, 15) is 18.0 Å². The van der Waals surface area contributed by atoms with Crippen LogP contribution in [0.25, 0.3) is 0 Å². The molecular weight excluding hydrogens is 323 g/mol. The van der Waals surface area contributed by atoms with Crippen molar-refractivity contribution in [3.63, 3.8) is 0 Å². The average Bonchev–Trinajstić information content (AvgIpc) is 2.76. The highest BCUT2D eigenvalue weighted by Gasteiger charge is 2.39. The number of hydrogen-bond acceptors (Lipinski definition) is 3. The second-order valence-electron chi connectivity index (χ2n) is 4.80. The van der Waals surface area contributed by atoms with Gasteiger partial charge in [-0.3, -0.25) is 0 Å². The van der Waals surface area contributed by atoms with E-state index < -0.39 is 22.9 Å². The van der Waals surface area contributed by atoms with Crippen LogP contribution in [-0.2, 0) is 22.1 Å². The largest absolute Gasteiger partial charge is 0.475 e. The third kappa shape index (κ3) is 3.47. The van der Waals surface area contributed by atoms with Crippen LogP contribution >= 0.6 is 11.6 Å². The van der Waals surface area contributed by atoms with Crippen molar-refractivity contribution in [3.8, 4) is 0 Å². The van der Waals surface area contributed by atoms with Gasteiger partial charge in [0.05, 0.1) is 11.3 Å². The Kier molecular flexibility index (Phi) is 4.28. The van der Waals surface area contributed by atoms with Crippen LogP contribution in [0.2, 0.25) is 0 Å². The van der Waals surface area contributed by atoms with Gasteiger partial charge in [0, 0.05) is 12.8 Å². The summed E-state index contributed by atoms with van der Waals surface area (Å²) in [6.07, 6.45) is -4.24. The molecule has 0 saturated heterocycles. The van der Waals surface area contributed by atoms with Gasteiger partial charge in [-0.2, -0.15) is 13.2 Å². The number of benzene rings is 1. The number of rotatable bonds is 4. The minimum atomic E-state index is -4.46. The second kappa shape index (κ2) is 5.72. The van der Waals surface area contributed by atoms with Crippen LogP contribution in [-0.4, -0.2) is 16.3 Å². The lowest BCUT2D eigenvalue weighted by atomic mass is 10.1. The monoisotopic (exact) mass is 335 g/mol. The van der Waals surface area contributed by atoms with Crippen molar-refractivity contribution in [1.29, 1.82) is 0 Å². The van der Waals surface area contributed by atoms with Crippen LogP contribution in [0, 0.1) is 0 Å². The molecule has 22 heavy (non-hydrogen) atoms. The van der Waals surface area contributed by atoms with E-state index >= 15 is 0 Å². The van der Waals surface area contributed by atoms with E-state index in [0.29, 0.717) is 5.56 Å². The van der Waals surface area contributed by atoms with E-state index in [2.05, 4.69) is 5.32 Å². The molecule has 4 nitrogen and oxygen atoms in total. The van der Waals surface area contributed by atoms with Crippen molar-refractivity contribution in [2.24, 2.45) is 0 Å². The second-order valence-corrected chi connectivity index (χ2v) is 5.41. The highest BCUT2D eigenvalue weighted by atomic mass is 35.5. The smallest absolute Gasteiger partial charge is 0.416 e. The summed E-state index contributed by atoms with van der Waals surface area (Å²) in [6.45, 7) is 1.69. The maximum Gasteiger partial charge on any atom is 0.416 e. The van der Waals surface area contributed by atoms with Crippen LogP contribution in [0.4, 0.5) is 13.2 Å². The first-order valence-corrected chi connectivity index (χ1v) is 6.81.